The Hall–Kier alpha value is -2.19. The summed E-state index contributed by atoms with van der Waals surface area (Å²) in [7, 11) is -3.89. The summed E-state index contributed by atoms with van der Waals surface area (Å²) in [6, 6.07) is 7.87. The van der Waals surface area contributed by atoms with E-state index in [1.807, 2.05) is 0 Å². The third kappa shape index (κ3) is 4.90. The molecule has 0 saturated heterocycles. The Labute approximate surface area is 142 Å². The number of hydrogen-bond donors (Lipinski definition) is 1. The molecule has 1 amide bonds. The van der Waals surface area contributed by atoms with Crippen LogP contribution >= 0.6 is 11.6 Å². The van der Waals surface area contributed by atoms with Gasteiger partial charge in [-0.15, -0.1) is 0 Å². The van der Waals surface area contributed by atoms with Crippen molar-refractivity contribution < 1.29 is 26.7 Å². The fraction of sp³-hybridized carbons (Fsp3) is 0.133. The molecule has 0 radical (unpaired) electrons. The van der Waals surface area contributed by atoms with E-state index in [0.717, 1.165) is 6.26 Å². The summed E-state index contributed by atoms with van der Waals surface area (Å²) in [5.41, 5.74) is -0.103. The van der Waals surface area contributed by atoms with Crippen LogP contribution in [0.4, 0.5) is 8.78 Å². The van der Waals surface area contributed by atoms with Crippen LogP contribution in [0.1, 0.15) is 15.9 Å². The Kier molecular flexibility index (Phi) is 5.40. The number of amides is 1. The number of halogens is 3. The third-order valence-electron chi connectivity index (χ3n) is 2.83. The van der Waals surface area contributed by atoms with Gasteiger partial charge in [0, 0.05) is 11.1 Å². The highest BCUT2D eigenvalue weighted by atomic mass is 35.5. The molecule has 0 saturated carbocycles. The molecule has 2 aromatic carbocycles. The molecule has 0 aliphatic heterocycles. The van der Waals surface area contributed by atoms with E-state index in [1.165, 1.54) is 0 Å². The van der Waals surface area contributed by atoms with Crippen LogP contribution in [-0.4, -0.2) is 20.6 Å². The zero-order valence-corrected chi connectivity index (χ0v) is 13.9. The fourth-order valence-electron chi connectivity index (χ4n) is 1.82. The second kappa shape index (κ2) is 7.14. The van der Waals surface area contributed by atoms with Gasteiger partial charge < -0.3 is 4.74 Å². The van der Waals surface area contributed by atoms with Crippen molar-refractivity contribution in [3.8, 4) is 5.75 Å². The number of hydrogen-bond acceptors (Lipinski definition) is 4. The largest absolute Gasteiger partial charge is 0.486 e. The van der Waals surface area contributed by atoms with E-state index in [4.69, 9.17) is 16.3 Å². The molecule has 0 fully saturated rings. The minimum atomic E-state index is -3.89. The number of carbonyl (C=O) groups excluding carboxylic acids is 1. The van der Waals surface area contributed by atoms with Crippen LogP contribution in [0.3, 0.4) is 0 Å². The van der Waals surface area contributed by atoms with Gasteiger partial charge in [-0.25, -0.2) is 21.9 Å². The zero-order chi connectivity index (χ0) is 17.9. The van der Waals surface area contributed by atoms with Crippen molar-refractivity contribution in [1.82, 2.24) is 4.72 Å². The van der Waals surface area contributed by atoms with Gasteiger partial charge in [-0.3, -0.25) is 4.79 Å². The first-order valence-electron chi connectivity index (χ1n) is 6.54. The molecule has 0 bridgehead atoms. The van der Waals surface area contributed by atoms with E-state index in [1.54, 1.807) is 29.0 Å². The summed E-state index contributed by atoms with van der Waals surface area (Å²) in [5, 5.41) is 0.468. The Balaban J connectivity index is 2.19. The van der Waals surface area contributed by atoms with Crippen LogP contribution in [0, 0.1) is 11.6 Å². The first-order chi connectivity index (χ1) is 11.2. The molecule has 128 valence electrons. The van der Waals surface area contributed by atoms with Gasteiger partial charge in [0.2, 0.25) is 10.0 Å². The van der Waals surface area contributed by atoms with Crippen molar-refractivity contribution in [1.29, 1.82) is 0 Å². The van der Waals surface area contributed by atoms with E-state index >= 15 is 0 Å². The van der Waals surface area contributed by atoms with Crippen LogP contribution in [0.15, 0.2) is 36.4 Å². The summed E-state index contributed by atoms with van der Waals surface area (Å²) in [5.74, 6) is -3.80. The van der Waals surface area contributed by atoms with E-state index in [-0.39, 0.29) is 6.61 Å². The van der Waals surface area contributed by atoms with Crippen molar-refractivity contribution >= 4 is 27.5 Å². The minimum Gasteiger partial charge on any atom is -0.486 e. The number of ether oxygens (including phenoxy) is 1. The standard InChI is InChI=1S/C15H12ClF2NO4S/c1-24(21,22)19-15(20)11-6-13(18)14(7-12(11)17)23-8-9-3-2-4-10(16)5-9/h2-7H,8H2,1H3,(H,19,20). The molecule has 0 atom stereocenters. The molecule has 0 heterocycles. The molecule has 0 aliphatic rings. The van der Waals surface area contributed by atoms with Gasteiger partial charge in [0.05, 0.1) is 11.8 Å². The average molecular weight is 376 g/mol. The van der Waals surface area contributed by atoms with Crippen LogP contribution in [0.25, 0.3) is 0 Å². The van der Waals surface area contributed by atoms with Gasteiger partial charge in [-0.1, -0.05) is 23.7 Å². The van der Waals surface area contributed by atoms with Crippen molar-refractivity contribution in [3.63, 3.8) is 0 Å². The number of benzene rings is 2. The molecule has 9 heteroatoms. The Bertz CT molecular complexity index is 887. The lowest BCUT2D eigenvalue weighted by atomic mass is 10.2. The molecule has 0 unspecified atom stereocenters. The summed E-state index contributed by atoms with van der Waals surface area (Å²) in [6.07, 6.45) is 0.724. The first kappa shape index (κ1) is 18.2. The number of rotatable bonds is 5. The lowest BCUT2D eigenvalue weighted by molar-refractivity contribution is 0.0977. The van der Waals surface area contributed by atoms with E-state index < -0.39 is 38.9 Å². The number of carbonyl (C=O) groups is 1. The lowest BCUT2D eigenvalue weighted by Crippen LogP contribution is -2.30. The second-order valence-corrected chi connectivity index (χ2v) is 7.07. The SMILES string of the molecule is CS(=O)(=O)NC(=O)c1cc(F)c(OCc2cccc(Cl)c2)cc1F. The molecule has 24 heavy (non-hydrogen) atoms. The molecule has 2 aromatic rings. The number of sulfonamides is 1. The van der Waals surface area contributed by atoms with Gasteiger partial charge in [0.1, 0.15) is 12.4 Å². The van der Waals surface area contributed by atoms with Gasteiger partial charge >= 0.3 is 0 Å². The quantitative estimate of drug-likeness (QED) is 0.872. The predicted octanol–water partition coefficient (Wildman–Crippen LogP) is 2.89. The maximum absolute atomic E-state index is 14.0. The highest BCUT2D eigenvalue weighted by molar-refractivity contribution is 7.89. The van der Waals surface area contributed by atoms with E-state index in [2.05, 4.69) is 0 Å². The maximum atomic E-state index is 14.0. The third-order valence-corrected chi connectivity index (χ3v) is 3.62. The smallest absolute Gasteiger partial charge is 0.267 e. The van der Waals surface area contributed by atoms with Gasteiger partial charge in [0.25, 0.3) is 5.91 Å². The molecule has 1 N–H and O–H groups in total. The molecule has 5 nitrogen and oxygen atoms in total. The molecule has 0 spiro atoms. The summed E-state index contributed by atoms with van der Waals surface area (Å²) in [6.45, 7) is -0.0637. The summed E-state index contributed by atoms with van der Waals surface area (Å²) < 4.78 is 56.6. The van der Waals surface area contributed by atoms with Gasteiger partial charge in [0.15, 0.2) is 11.6 Å². The summed E-state index contributed by atoms with van der Waals surface area (Å²) >= 11 is 5.81. The molecule has 0 aliphatic carbocycles. The Morgan fingerprint density at radius 3 is 2.54 bits per heavy atom. The lowest BCUT2D eigenvalue weighted by Gasteiger charge is -2.10. The highest BCUT2D eigenvalue weighted by Crippen LogP contribution is 2.23. The number of nitrogens with one attached hydrogen (secondary N) is 1. The zero-order valence-electron chi connectivity index (χ0n) is 12.3. The van der Waals surface area contributed by atoms with E-state index in [9.17, 15) is 22.0 Å². The molecular weight excluding hydrogens is 364 g/mol. The average Bonchev–Trinajstić information content (AvgIpc) is 2.46. The highest BCUT2D eigenvalue weighted by Gasteiger charge is 2.19. The van der Waals surface area contributed by atoms with Crippen molar-refractivity contribution in [2.75, 3.05) is 6.26 Å². The maximum Gasteiger partial charge on any atom is 0.267 e. The Morgan fingerprint density at radius 1 is 1.21 bits per heavy atom. The monoisotopic (exact) mass is 375 g/mol. The van der Waals surface area contributed by atoms with E-state index in [0.29, 0.717) is 22.7 Å². The van der Waals surface area contributed by atoms with Crippen LogP contribution in [0.2, 0.25) is 5.02 Å². The van der Waals surface area contributed by atoms with Gasteiger partial charge in [-0.2, -0.15) is 0 Å². The molecule has 0 aromatic heterocycles. The Morgan fingerprint density at radius 2 is 1.92 bits per heavy atom. The van der Waals surface area contributed by atoms with Crippen molar-refractivity contribution in [2.45, 2.75) is 6.61 Å². The predicted molar refractivity (Wildman–Crippen MR) is 84.5 cm³/mol. The van der Waals surface area contributed by atoms with Crippen LogP contribution in [-0.2, 0) is 16.6 Å². The first-order valence-corrected chi connectivity index (χ1v) is 8.81. The van der Waals surface area contributed by atoms with Crippen molar-refractivity contribution in [2.24, 2.45) is 0 Å². The van der Waals surface area contributed by atoms with Crippen LogP contribution < -0.4 is 9.46 Å². The van der Waals surface area contributed by atoms with Crippen LogP contribution in [0.5, 0.6) is 5.75 Å². The molecular formula is C15H12ClF2NO4S. The van der Waals surface area contributed by atoms with Crippen molar-refractivity contribution in [3.05, 3.63) is 64.2 Å². The minimum absolute atomic E-state index is 0.0637. The van der Waals surface area contributed by atoms with Gasteiger partial charge in [-0.05, 0) is 23.8 Å². The second-order valence-electron chi connectivity index (χ2n) is 4.88. The fourth-order valence-corrected chi connectivity index (χ4v) is 2.48. The molecule has 2 rings (SSSR count). The topological polar surface area (TPSA) is 72.5 Å². The normalized spacial score (nSPS) is 11.2. The summed E-state index contributed by atoms with van der Waals surface area (Å²) in [4.78, 5) is 11.6.